The van der Waals surface area contributed by atoms with Crippen LogP contribution in [0.25, 0.3) is 28.2 Å². The first kappa shape index (κ1) is 18.4. The summed E-state index contributed by atoms with van der Waals surface area (Å²) in [6, 6.07) is 22.6. The van der Waals surface area contributed by atoms with Crippen LogP contribution < -0.4 is 10.5 Å². The average molecular weight is 394 g/mol. The Morgan fingerprint density at radius 2 is 1.77 bits per heavy atom. The lowest BCUT2D eigenvalue weighted by Gasteiger charge is -2.38. The molecule has 1 saturated carbocycles. The van der Waals surface area contributed by atoms with Gasteiger partial charge in [0.15, 0.2) is 5.65 Å². The van der Waals surface area contributed by atoms with E-state index in [4.69, 9.17) is 15.5 Å². The van der Waals surface area contributed by atoms with Crippen molar-refractivity contribution in [1.29, 1.82) is 5.26 Å². The van der Waals surface area contributed by atoms with E-state index in [1.54, 1.807) is 13.2 Å². The Balaban J connectivity index is 1.74. The van der Waals surface area contributed by atoms with Crippen molar-refractivity contribution < 1.29 is 4.74 Å². The fourth-order valence-corrected chi connectivity index (χ4v) is 4.24. The van der Waals surface area contributed by atoms with Crippen LogP contribution in [0.1, 0.15) is 30.4 Å². The SMILES string of the molecule is COc1ccn2c(-c3ccccc3)c(-c3ccc(C4(N)CCC4)cc3)nc2c1C#N. The minimum absolute atomic E-state index is 0.193. The highest BCUT2D eigenvalue weighted by molar-refractivity contribution is 5.84. The smallest absolute Gasteiger partial charge is 0.159 e. The number of aromatic nitrogens is 2. The lowest BCUT2D eigenvalue weighted by molar-refractivity contribution is 0.253. The average Bonchev–Trinajstić information content (AvgIpc) is 3.17. The van der Waals surface area contributed by atoms with Gasteiger partial charge in [-0.05, 0) is 30.9 Å². The van der Waals surface area contributed by atoms with Crippen LogP contribution in [0.15, 0.2) is 66.9 Å². The summed E-state index contributed by atoms with van der Waals surface area (Å²) in [5.74, 6) is 0.520. The second-order valence-corrected chi connectivity index (χ2v) is 7.83. The number of nitriles is 1. The molecule has 1 aliphatic carbocycles. The van der Waals surface area contributed by atoms with Crippen LogP contribution in [0.5, 0.6) is 5.75 Å². The van der Waals surface area contributed by atoms with Crippen LogP contribution in [-0.4, -0.2) is 16.5 Å². The molecule has 5 nitrogen and oxygen atoms in total. The summed E-state index contributed by atoms with van der Waals surface area (Å²) in [6.45, 7) is 0. The minimum atomic E-state index is -0.193. The van der Waals surface area contributed by atoms with E-state index in [0.717, 1.165) is 35.4 Å². The predicted molar refractivity (Wildman–Crippen MR) is 117 cm³/mol. The number of pyridine rings is 1. The summed E-state index contributed by atoms with van der Waals surface area (Å²) in [7, 11) is 1.57. The molecule has 2 N–H and O–H groups in total. The molecule has 2 aromatic heterocycles. The summed E-state index contributed by atoms with van der Waals surface area (Å²) < 4.78 is 7.36. The van der Waals surface area contributed by atoms with Crippen molar-refractivity contribution in [2.45, 2.75) is 24.8 Å². The molecule has 5 heteroatoms. The van der Waals surface area contributed by atoms with Crippen molar-refractivity contribution in [1.82, 2.24) is 9.38 Å². The van der Waals surface area contributed by atoms with Crippen molar-refractivity contribution in [3.63, 3.8) is 0 Å². The molecule has 1 fully saturated rings. The first-order valence-electron chi connectivity index (χ1n) is 10.1. The summed E-state index contributed by atoms with van der Waals surface area (Å²) in [5, 5.41) is 9.75. The molecule has 0 atom stereocenters. The van der Waals surface area contributed by atoms with Gasteiger partial charge in [-0.15, -0.1) is 0 Å². The highest BCUT2D eigenvalue weighted by Gasteiger charge is 2.34. The van der Waals surface area contributed by atoms with Crippen LogP contribution in [0.4, 0.5) is 0 Å². The van der Waals surface area contributed by atoms with Crippen molar-refractivity contribution in [3.05, 3.63) is 78.0 Å². The molecule has 30 heavy (non-hydrogen) atoms. The van der Waals surface area contributed by atoms with Gasteiger partial charge in [0.05, 0.1) is 18.5 Å². The number of ether oxygens (including phenoxy) is 1. The Hall–Kier alpha value is -3.62. The van der Waals surface area contributed by atoms with Crippen molar-refractivity contribution in [2.75, 3.05) is 7.11 Å². The van der Waals surface area contributed by atoms with Crippen molar-refractivity contribution in [3.8, 4) is 34.3 Å². The minimum Gasteiger partial charge on any atom is -0.495 e. The van der Waals surface area contributed by atoms with Crippen LogP contribution in [0.2, 0.25) is 0 Å². The van der Waals surface area contributed by atoms with Gasteiger partial charge in [0.1, 0.15) is 17.4 Å². The van der Waals surface area contributed by atoms with Gasteiger partial charge in [-0.25, -0.2) is 4.98 Å². The highest BCUT2D eigenvalue weighted by Crippen LogP contribution is 2.40. The molecular formula is C25H22N4O. The summed E-state index contributed by atoms with van der Waals surface area (Å²) in [5.41, 5.74) is 12.3. The first-order valence-corrected chi connectivity index (χ1v) is 10.1. The lowest BCUT2D eigenvalue weighted by Crippen LogP contribution is -2.43. The molecule has 1 aliphatic rings. The molecule has 5 rings (SSSR count). The zero-order valence-corrected chi connectivity index (χ0v) is 16.8. The van der Waals surface area contributed by atoms with Crippen LogP contribution in [0.3, 0.4) is 0 Å². The Bertz CT molecular complexity index is 1260. The number of methoxy groups -OCH3 is 1. The number of imidazole rings is 1. The largest absolute Gasteiger partial charge is 0.495 e. The van der Waals surface area contributed by atoms with Gasteiger partial charge in [-0.3, -0.25) is 4.40 Å². The zero-order valence-electron chi connectivity index (χ0n) is 16.8. The van der Waals surface area contributed by atoms with Crippen LogP contribution in [0, 0.1) is 11.3 Å². The predicted octanol–water partition coefficient (Wildman–Crippen LogP) is 4.89. The molecule has 0 saturated heterocycles. The van der Waals surface area contributed by atoms with E-state index in [1.807, 2.05) is 28.8 Å². The van der Waals surface area contributed by atoms with Crippen LogP contribution >= 0.6 is 0 Å². The summed E-state index contributed by atoms with van der Waals surface area (Å²) in [6.07, 6.45) is 5.15. The third-order valence-corrected chi connectivity index (χ3v) is 6.11. The third-order valence-electron chi connectivity index (χ3n) is 6.11. The number of nitrogens with zero attached hydrogens (tertiary/aromatic N) is 3. The molecule has 4 aromatic rings. The Kier molecular flexibility index (Phi) is 4.30. The second kappa shape index (κ2) is 7.01. The molecule has 0 spiro atoms. The van der Waals surface area contributed by atoms with Gasteiger partial charge in [0, 0.05) is 22.9 Å². The van der Waals surface area contributed by atoms with Gasteiger partial charge in [0.25, 0.3) is 0 Å². The van der Waals surface area contributed by atoms with E-state index < -0.39 is 0 Å². The highest BCUT2D eigenvalue weighted by atomic mass is 16.5. The van der Waals surface area contributed by atoms with E-state index in [0.29, 0.717) is 17.0 Å². The number of fused-ring (bicyclic) bond motifs is 1. The monoisotopic (exact) mass is 394 g/mol. The Labute approximate surface area is 175 Å². The van der Waals surface area contributed by atoms with Gasteiger partial charge in [-0.1, -0.05) is 54.6 Å². The standard InChI is InChI=1S/C25H22N4O/c1-30-21-12-15-29-23(18-6-3-2-4-7-18)22(28-24(29)20(21)16-26)17-8-10-19(11-9-17)25(27)13-5-14-25/h2-4,6-12,15H,5,13-14,27H2,1H3. The zero-order chi connectivity index (χ0) is 20.7. The fraction of sp³-hybridized carbons (Fsp3) is 0.200. The lowest BCUT2D eigenvalue weighted by atomic mass is 9.72. The maximum Gasteiger partial charge on any atom is 0.159 e. The van der Waals surface area contributed by atoms with E-state index in [9.17, 15) is 5.26 Å². The molecule has 2 aromatic carbocycles. The quantitative estimate of drug-likeness (QED) is 0.535. The summed E-state index contributed by atoms with van der Waals surface area (Å²) >= 11 is 0. The molecule has 0 amide bonds. The van der Waals surface area contributed by atoms with E-state index in [1.165, 1.54) is 12.0 Å². The van der Waals surface area contributed by atoms with Gasteiger partial charge in [-0.2, -0.15) is 5.26 Å². The molecular weight excluding hydrogens is 372 g/mol. The first-order chi connectivity index (χ1) is 14.6. The molecule has 0 aliphatic heterocycles. The topological polar surface area (TPSA) is 76.3 Å². The molecule has 0 radical (unpaired) electrons. The number of hydrogen-bond acceptors (Lipinski definition) is 4. The Morgan fingerprint density at radius 3 is 2.37 bits per heavy atom. The fourth-order valence-electron chi connectivity index (χ4n) is 4.24. The van der Waals surface area contributed by atoms with Crippen molar-refractivity contribution in [2.24, 2.45) is 5.73 Å². The second-order valence-electron chi connectivity index (χ2n) is 7.83. The van der Waals surface area contributed by atoms with Gasteiger partial charge >= 0.3 is 0 Å². The molecule has 0 unspecified atom stereocenters. The molecule has 0 bridgehead atoms. The molecule has 148 valence electrons. The van der Waals surface area contributed by atoms with E-state index in [-0.39, 0.29) is 5.54 Å². The van der Waals surface area contributed by atoms with Crippen LogP contribution in [-0.2, 0) is 5.54 Å². The normalized spacial score (nSPS) is 14.8. The van der Waals surface area contributed by atoms with Gasteiger partial charge in [0.2, 0.25) is 0 Å². The van der Waals surface area contributed by atoms with Crippen molar-refractivity contribution >= 4 is 5.65 Å². The number of hydrogen-bond donors (Lipinski definition) is 1. The van der Waals surface area contributed by atoms with E-state index >= 15 is 0 Å². The Morgan fingerprint density at radius 1 is 1.03 bits per heavy atom. The third kappa shape index (κ3) is 2.77. The molecule has 2 heterocycles. The summed E-state index contributed by atoms with van der Waals surface area (Å²) in [4.78, 5) is 4.89. The number of nitrogens with two attached hydrogens (primary N) is 1. The number of benzene rings is 2. The maximum absolute atomic E-state index is 9.75. The van der Waals surface area contributed by atoms with Gasteiger partial charge < -0.3 is 10.5 Å². The maximum atomic E-state index is 9.75. The number of rotatable bonds is 4. The van der Waals surface area contributed by atoms with E-state index in [2.05, 4.69) is 42.5 Å².